The van der Waals surface area contributed by atoms with Crippen LogP contribution in [0.2, 0.25) is 0 Å². The van der Waals surface area contributed by atoms with Gasteiger partial charge in [-0.15, -0.1) is 6.58 Å². The third-order valence-electron chi connectivity index (χ3n) is 3.98. The first kappa shape index (κ1) is 20.5. The molecule has 3 amide bonds. The van der Waals surface area contributed by atoms with E-state index in [4.69, 9.17) is 0 Å². The van der Waals surface area contributed by atoms with E-state index in [1.54, 1.807) is 20.8 Å². The Morgan fingerprint density at radius 2 is 1.84 bits per heavy atom. The third kappa shape index (κ3) is 4.28. The van der Waals surface area contributed by atoms with Gasteiger partial charge in [-0.05, 0) is 27.2 Å². The third-order valence-corrected chi connectivity index (χ3v) is 3.98. The quantitative estimate of drug-likeness (QED) is 0.528. The Balaban J connectivity index is 3.51. The molecule has 1 aliphatic rings. The van der Waals surface area contributed by atoms with Crippen LogP contribution in [-0.2, 0) is 14.4 Å². The molecule has 3 atom stereocenters. The number of rotatable bonds is 5. The van der Waals surface area contributed by atoms with E-state index in [-0.39, 0.29) is 6.42 Å². The lowest BCUT2D eigenvalue weighted by atomic mass is 9.79. The molecule has 0 aliphatic carbocycles. The van der Waals surface area contributed by atoms with Gasteiger partial charge in [-0.25, -0.2) is 9.59 Å². The van der Waals surface area contributed by atoms with Crippen molar-refractivity contribution >= 4 is 23.9 Å². The fourth-order valence-corrected chi connectivity index (χ4v) is 3.17. The maximum atomic E-state index is 13.0. The molecule has 0 aromatic rings. The summed E-state index contributed by atoms with van der Waals surface area (Å²) in [7, 11) is 0. The number of carbonyl (C=O) groups excluding carboxylic acids is 2. The van der Waals surface area contributed by atoms with Crippen LogP contribution in [0.15, 0.2) is 12.7 Å². The summed E-state index contributed by atoms with van der Waals surface area (Å²) in [4.78, 5) is 48.6. The number of hydrogen-bond donors (Lipinski definition) is 4. The van der Waals surface area contributed by atoms with Gasteiger partial charge in [-0.1, -0.05) is 6.08 Å². The highest BCUT2D eigenvalue weighted by molar-refractivity contribution is 5.95. The molecule has 25 heavy (non-hydrogen) atoms. The van der Waals surface area contributed by atoms with Crippen LogP contribution in [0.3, 0.4) is 0 Å². The minimum absolute atomic E-state index is 0.0403. The molecule has 0 aromatic carbocycles. The second-order valence-electron chi connectivity index (χ2n) is 7.18. The van der Waals surface area contributed by atoms with E-state index in [9.17, 15) is 29.4 Å². The molecule has 9 heteroatoms. The summed E-state index contributed by atoms with van der Waals surface area (Å²) < 4.78 is 0. The molecule has 1 fully saturated rings. The van der Waals surface area contributed by atoms with Gasteiger partial charge >= 0.3 is 12.1 Å². The lowest BCUT2D eigenvalue weighted by Crippen LogP contribution is -2.66. The zero-order valence-electron chi connectivity index (χ0n) is 14.8. The maximum Gasteiger partial charge on any atom is 0.408 e. The number of aliphatic carboxylic acids is 1. The number of likely N-dealkylation sites (tertiary alicyclic amines) is 1. The topological polar surface area (TPSA) is 136 Å². The van der Waals surface area contributed by atoms with E-state index in [1.165, 1.54) is 13.0 Å². The normalized spacial score (nSPS) is 26.0. The van der Waals surface area contributed by atoms with Crippen LogP contribution in [0.25, 0.3) is 0 Å². The number of carbonyl (C=O) groups is 4. The minimum atomic E-state index is -1.70. The first-order valence-corrected chi connectivity index (χ1v) is 7.80. The van der Waals surface area contributed by atoms with E-state index in [2.05, 4.69) is 17.2 Å². The SMILES string of the molecule is C=CCC1[C@@H](C(=O)O)N(C(=O)O)CC1(NC(C)=O)C(=O)NC(C)(C)C. The monoisotopic (exact) mass is 355 g/mol. The zero-order chi connectivity index (χ0) is 19.6. The average Bonchev–Trinajstić information content (AvgIpc) is 2.73. The van der Waals surface area contributed by atoms with Gasteiger partial charge in [-0.3, -0.25) is 14.5 Å². The number of nitrogens with one attached hydrogen (secondary N) is 2. The van der Waals surface area contributed by atoms with E-state index in [1.807, 2.05) is 0 Å². The number of nitrogens with zero attached hydrogens (tertiary/aromatic N) is 1. The van der Waals surface area contributed by atoms with Gasteiger partial charge < -0.3 is 20.8 Å². The van der Waals surface area contributed by atoms with Crippen LogP contribution in [0.5, 0.6) is 0 Å². The van der Waals surface area contributed by atoms with Crippen LogP contribution < -0.4 is 10.6 Å². The predicted octanol–water partition coefficient (Wildman–Crippen LogP) is 0.415. The summed E-state index contributed by atoms with van der Waals surface area (Å²) in [6.07, 6.45) is -0.0249. The molecule has 140 valence electrons. The van der Waals surface area contributed by atoms with Gasteiger partial charge in [0, 0.05) is 18.4 Å². The van der Waals surface area contributed by atoms with E-state index in [0.717, 1.165) is 0 Å². The molecule has 4 N–H and O–H groups in total. The average molecular weight is 355 g/mol. The Labute approximate surface area is 146 Å². The molecular formula is C16H25N3O6. The molecular weight excluding hydrogens is 330 g/mol. The molecule has 1 aliphatic heterocycles. The largest absolute Gasteiger partial charge is 0.480 e. The van der Waals surface area contributed by atoms with Gasteiger partial charge in [0.25, 0.3) is 0 Å². The Morgan fingerprint density at radius 1 is 1.28 bits per heavy atom. The lowest BCUT2D eigenvalue weighted by Gasteiger charge is -2.36. The van der Waals surface area contributed by atoms with Crippen molar-refractivity contribution in [1.29, 1.82) is 0 Å². The molecule has 0 spiro atoms. The van der Waals surface area contributed by atoms with E-state index < -0.39 is 53.5 Å². The molecule has 0 saturated carbocycles. The Bertz CT molecular complexity index is 597. The minimum Gasteiger partial charge on any atom is -0.480 e. The summed E-state index contributed by atoms with van der Waals surface area (Å²) in [5, 5.41) is 24.1. The van der Waals surface area contributed by atoms with Crippen molar-refractivity contribution in [3.63, 3.8) is 0 Å². The molecule has 9 nitrogen and oxygen atoms in total. The Hall–Kier alpha value is -2.58. The molecule has 1 saturated heterocycles. The van der Waals surface area contributed by atoms with Crippen molar-refractivity contribution in [1.82, 2.24) is 15.5 Å². The number of carboxylic acids is 1. The molecule has 0 bridgehead atoms. The van der Waals surface area contributed by atoms with Gasteiger partial charge in [0.1, 0.15) is 11.6 Å². The van der Waals surface area contributed by atoms with Gasteiger partial charge in [0.05, 0.1) is 6.54 Å². The van der Waals surface area contributed by atoms with Gasteiger partial charge in [0.15, 0.2) is 0 Å². The van der Waals surface area contributed by atoms with E-state index in [0.29, 0.717) is 4.90 Å². The zero-order valence-corrected chi connectivity index (χ0v) is 14.8. The molecule has 0 aromatic heterocycles. The number of allylic oxidation sites excluding steroid dienone is 1. The fourth-order valence-electron chi connectivity index (χ4n) is 3.17. The van der Waals surface area contributed by atoms with Crippen LogP contribution in [0.1, 0.15) is 34.1 Å². The smallest absolute Gasteiger partial charge is 0.408 e. The molecule has 1 rings (SSSR count). The maximum absolute atomic E-state index is 13.0. The molecule has 0 radical (unpaired) electrons. The van der Waals surface area contributed by atoms with Crippen molar-refractivity contribution in [2.24, 2.45) is 5.92 Å². The first-order chi connectivity index (χ1) is 11.4. The highest BCUT2D eigenvalue weighted by atomic mass is 16.4. The van der Waals surface area contributed by atoms with Crippen molar-refractivity contribution < 1.29 is 29.4 Å². The van der Waals surface area contributed by atoms with Crippen molar-refractivity contribution in [2.75, 3.05) is 6.54 Å². The number of hydrogen-bond acceptors (Lipinski definition) is 4. The van der Waals surface area contributed by atoms with Crippen molar-refractivity contribution in [2.45, 2.75) is 51.2 Å². The second kappa shape index (κ2) is 7.12. The van der Waals surface area contributed by atoms with Gasteiger partial charge in [-0.2, -0.15) is 0 Å². The van der Waals surface area contributed by atoms with Crippen LogP contribution in [0.4, 0.5) is 4.79 Å². The Kier molecular flexibility index (Phi) is 5.83. The second-order valence-corrected chi connectivity index (χ2v) is 7.18. The van der Waals surface area contributed by atoms with Crippen LogP contribution in [0, 0.1) is 5.92 Å². The Morgan fingerprint density at radius 3 is 2.20 bits per heavy atom. The van der Waals surface area contributed by atoms with Crippen LogP contribution >= 0.6 is 0 Å². The standard InChI is InChI=1S/C16H25N3O6/c1-6-7-10-11(12(21)22)19(14(24)25)8-16(10,17-9(2)20)13(23)18-15(3,4)5/h6,10-11H,1,7-8H2,2-5H3,(H,17,20)(H,18,23)(H,21,22)(H,24,25)/t10?,11-,16?/m0/s1. The predicted molar refractivity (Wildman–Crippen MR) is 88.9 cm³/mol. The van der Waals surface area contributed by atoms with Crippen molar-refractivity contribution in [3.8, 4) is 0 Å². The highest BCUT2D eigenvalue weighted by Gasteiger charge is 2.61. The molecule has 2 unspecified atom stereocenters. The summed E-state index contributed by atoms with van der Waals surface area (Å²) in [5.74, 6) is -3.57. The number of amides is 3. The van der Waals surface area contributed by atoms with Crippen molar-refractivity contribution in [3.05, 3.63) is 12.7 Å². The van der Waals surface area contributed by atoms with E-state index >= 15 is 0 Å². The summed E-state index contributed by atoms with van der Waals surface area (Å²) >= 11 is 0. The number of carboxylic acid groups (broad SMARTS) is 2. The summed E-state index contributed by atoms with van der Waals surface area (Å²) in [6, 6.07) is -1.48. The van der Waals surface area contributed by atoms with Crippen LogP contribution in [-0.4, -0.2) is 62.7 Å². The molecule has 1 heterocycles. The fraction of sp³-hybridized carbons (Fsp3) is 0.625. The van der Waals surface area contributed by atoms with Gasteiger partial charge in [0.2, 0.25) is 11.8 Å². The lowest BCUT2D eigenvalue weighted by molar-refractivity contribution is -0.143. The summed E-state index contributed by atoms with van der Waals surface area (Å²) in [5.41, 5.74) is -2.36. The highest BCUT2D eigenvalue weighted by Crippen LogP contribution is 2.37. The summed E-state index contributed by atoms with van der Waals surface area (Å²) in [6.45, 7) is 9.48. The first-order valence-electron chi connectivity index (χ1n) is 7.80.